The largest absolute Gasteiger partial charge is 0.356 e. The summed E-state index contributed by atoms with van der Waals surface area (Å²) in [6.07, 6.45) is 6.09. The maximum Gasteiger partial charge on any atom is 0.321 e. The van der Waals surface area contributed by atoms with Gasteiger partial charge in [-0.3, -0.25) is 4.79 Å². The van der Waals surface area contributed by atoms with Crippen molar-refractivity contribution in [3.63, 3.8) is 0 Å². The van der Waals surface area contributed by atoms with Gasteiger partial charge in [0.2, 0.25) is 5.91 Å². The third-order valence-electron chi connectivity index (χ3n) is 5.65. The molecule has 1 heterocycles. The summed E-state index contributed by atoms with van der Waals surface area (Å²) in [6.45, 7) is 3.82. The number of halogens is 1. The van der Waals surface area contributed by atoms with Gasteiger partial charge in [-0.25, -0.2) is 9.18 Å². The number of carbonyl (C=O) groups is 2. The molecule has 1 saturated carbocycles. The topological polar surface area (TPSA) is 61.4 Å². The van der Waals surface area contributed by atoms with Crippen molar-refractivity contribution < 1.29 is 14.0 Å². The Balaban J connectivity index is 1.36. The van der Waals surface area contributed by atoms with Crippen LogP contribution >= 0.6 is 0 Å². The Hall–Kier alpha value is -2.11. The summed E-state index contributed by atoms with van der Waals surface area (Å²) in [6, 6.07) is 4.55. The average molecular weight is 361 g/mol. The molecule has 0 atom stereocenters. The zero-order valence-electron chi connectivity index (χ0n) is 15.4. The van der Waals surface area contributed by atoms with E-state index in [1.807, 2.05) is 0 Å². The molecule has 1 aliphatic heterocycles. The normalized spacial score (nSPS) is 18.3. The lowest BCUT2D eigenvalue weighted by molar-refractivity contribution is -0.127. The molecule has 142 valence electrons. The molecule has 0 bridgehead atoms. The fourth-order valence-electron chi connectivity index (χ4n) is 3.51. The second kappa shape index (κ2) is 8.52. The van der Waals surface area contributed by atoms with Crippen LogP contribution in [0.1, 0.15) is 44.1 Å². The van der Waals surface area contributed by atoms with Crippen LogP contribution in [0.2, 0.25) is 0 Å². The smallest absolute Gasteiger partial charge is 0.321 e. The molecule has 3 rings (SSSR count). The first-order valence-electron chi connectivity index (χ1n) is 9.62. The molecule has 2 aliphatic rings. The Morgan fingerprint density at radius 2 is 1.92 bits per heavy atom. The van der Waals surface area contributed by atoms with Gasteiger partial charge in [-0.2, -0.15) is 0 Å². The van der Waals surface area contributed by atoms with Crippen molar-refractivity contribution in [1.82, 2.24) is 10.2 Å². The quantitative estimate of drug-likeness (QED) is 0.840. The van der Waals surface area contributed by atoms with Crippen LogP contribution in [0.15, 0.2) is 18.2 Å². The van der Waals surface area contributed by atoms with Crippen molar-refractivity contribution in [3.05, 3.63) is 29.6 Å². The molecule has 26 heavy (non-hydrogen) atoms. The second-order valence-electron chi connectivity index (χ2n) is 7.53. The third-order valence-corrected chi connectivity index (χ3v) is 5.65. The number of nitrogens with zero attached hydrogens (tertiary/aromatic N) is 1. The monoisotopic (exact) mass is 361 g/mol. The van der Waals surface area contributed by atoms with Crippen LogP contribution in [0.25, 0.3) is 0 Å². The van der Waals surface area contributed by atoms with E-state index in [0.717, 1.165) is 38.6 Å². The molecule has 1 saturated heterocycles. The number of carbonyl (C=O) groups excluding carboxylic acids is 2. The summed E-state index contributed by atoms with van der Waals surface area (Å²) in [5.41, 5.74) is 1.05. The minimum atomic E-state index is -0.314. The molecule has 1 aromatic carbocycles. The van der Waals surface area contributed by atoms with Crippen LogP contribution in [-0.2, 0) is 4.79 Å². The number of urea groups is 1. The molecule has 0 unspecified atom stereocenters. The molecular weight excluding hydrogens is 333 g/mol. The van der Waals surface area contributed by atoms with Crippen molar-refractivity contribution in [1.29, 1.82) is 0 Å². The van der Waals surface area contributed by atoms with Crippen LogP contribution < -0.4 is 10.6 Å². The van der Waals surface area contributed by atoms with Gasteiger partial charge in [-0.15, -0.1) is 0 Å². The maximum absolute atomic E-state index is 13.6. The van der Waals surface area contributed by atoms with Gasteiger partial charge in [0, 0.05) is 31.2 Å². The number of piperidine rings is 1. The third kappa shape index (κ3) is 4.74. The number of anilines is 1. The molecule has 6 heteroatoms. The van der Waals surface area contributed by atoms with Crippen LogP contribution in [0.3, 0.4) is 0 Å². The number of hydrogen-bond acceptors (Lipinski definition) is 2. The maximum atomic E-state index is 13.6. The van der Waals surface area contributed by atoms with E-state index >= 15 is 0 Å². The molecule has 2 fully saturated rings. The minimum Gasteiger partial charge on any atom is -0.356 e. The van der Waals surface area contributed by atoms with E-state index in [4.69, 9.17) is 0 Å². The number of nitrogens with one attached hydrogen (secondary N) is 2. The Morgan fingerprint density at radius 1 is 1.19 bits per heavy atom. The predicted molar refractivity (Wildman–Crippen MR) is 99.4 cm³/mol. The molecule has 2 N–H and O–H groups in total. The molecule has 0 spiro atoms. The van der Waals surface area contributed by atoms with Crippen molar-refractivity contribution >= 4 is 17.6 Å². The van der Waals surface area contributed by atoms with Crippen molar-refractivity contribution in [2.45, 2.75) is 45.4 Å². The van der Waals surface area contributed by atoms with Crippen LogP contribution in [0, 0.1) is 24.6 Å². The van der Waals surface area contributed by atoms with Crippen LogP contribution in [0.5, 0.6) is 0 Å². The first-order chi connectivity index (χ1) is 12.5. The van der Waals surface area contributed by atoms with E-state index < -0.39 is 0 Å². The number of rotatable bonds is 5. The standard InChI is InChI=1S/C20H28FN3O2/c1-14-5-6-17(13-18(14)21)23-20(26)24-11-8-15(9-12-24)7-10-22-19(25)16-3-2-4-16/h5-6,13,15-16H,2-4,7-12H2,1H3,(H,22,25)(H,23,26). The lowest BCUT2D eigenvalue weighted by Crippen LogP contribution is -2.42. The second-order valence-corrected chi connectivity index (χ2v) is 7.53. The van der Waals surface area contributed by atoms with Gasteiger partial charge < -0.3 is 15.5 Å². The first-order valence-corrected chi connectivity index (χ1v) is 9.62. The lowest BCUT2D eigenvalue weighted by atomic mass is 9.84. The fourth-order valence-corrected chi connectivity index (χ4v) is 3.51. The Labute approximate surface area is 154 Å². The van der Waals surface area contributed by atoms with Gasteiger partial charge in [-0.05, 0) is 62.6 Å². The highest BCUT2D eigenvalue weighted by Gasteiger charge is 2.26. The summed E-state index contributed by atoms with van der Waals surface area (Å²) >= 11 is 0. The van der Waals surface area contributed by atoms with Crippen LogP contribution in [-0.4, -0.2) is 36.5 Å². The summed E-state index contributed by atoms with van der Waals surface area (Å²) in [4.78, 5) is 25.9. The summed E-state index contributed by atoms with van der Waals surface area (Å²) < 4.78 is 13.6. The Morgan fingerprint density at radius 3 is 2.54 bits per heavy atom. The van der Waals surface area contributed by atoms with Gasteiger partial charge in [-0.1, -0.05) is 12.5 Å². The summed E-state index contributed by atoms with van der Waals surface area (Å²) in [5, 5.41) is 5.81. The Bertz CT molecular complexity index is 652. The van der Waals surface area contributed by atoms with Crippen molar-refractivity contribution in [2.24, 2.45) is 11.8 Å². The molecular formula is C20H28FN3O2. The fraction of sp³-hybridized carbons (Fsp3) is 0.600. The molecule has 5 nitrogen and oxygen atoms in total. The van der Waals surface area contributed by atoms with Gasteiger partial charge in [0.15, 0.2) is 0 Å². The first kappa shape index (κ1) is 18.7. The molecule has 0 aromatic heterocycles. The highest BCUT2D eigenvalue weighted by molar-refractivity contribution is 5.89. The van der Waals surface area contributed by atoms with Crippen molar-refractivity contribution in [3.8, 4) is 0 Å². The SMILES string of the molecule is Cc1ccc(NC(=O)N2CCC(CCNC(=O)C3CCC3)CC2)cc1F. The highest BCUT2D eigenvalue weighted by atomic mass is 19.1. The number of likely N-dealkylation sites (tertiary alicyclic amines) is 1. The van der Waals surface area contributed by atoms with E-state index in [-0.39, 0.29) is 23.7 Å². The average Bonchev–Trinajstić information content (AvgIpc) is 2.57. The minimum absolute atomic E-state index is 0.176. The van der Waals surface area contributed by atoms with E-state index in [1.54, 1.807) is 24.0 Å². The lowest BCUT2D eigenvalue weighted by Gasteiger charge is -2.32. The van der Waals surface area contributed by atoms with Gasteiger partial charge in [0.1, 0.15) is 5.82 Å². The number of hydrogen-bond donors (Lipinski definition) is 2. The van der Waals surface area contributed by atoms with Gasteiger partial charge in [0.05, 0.1) is 0 Å². The molecule has 0 radical (unpaired) electrons. The molecule has 3 amide bonds. The predicted octanol–water partition coefficient (Wildman–Crippen LogP) is 3.68. The zero-order chi connectivity index (χ0) is 18.5. The van der Waals surface area contributed by atoms with E-state index in [1.165, 1.54) is 12.5 Å². The van der Waals surface area contributed by atoms with Gasteiger partial charge in [0.25, 0.3) is 0 Å². The number of amides is 3. The number of aryl methyl sites for hydroxylation is 1. The van der Waals surface area contributed by atoms with Gasteiger partial charge >= 0.3 is 6.03 Å². The number of benzene rings is 1. The van der Waals surface area contributed by atoms with Crippen molar-refractivity contribution in [2.75, 3.05) is 25.0 Å². The van der Waals surface area contributed by atoms with Crippen LogP contribution in [0.4, 0.5) is 14.9 Å². The molecule has 1 aromatic rings. The Kier molecular flexibility index (Phi) is 6.12. The zero-order valence-corrected chi connectivity index (χ0v) is 15.4. The summed E-state index contributed by atoms with van der Waals surface area (Å²) in [5.74, 6) is 0.675. The van der Waals surface area contributed by atoms with E-state index in [0.29, 0.717) is 30.3 Å². The van der Waals surface area contributed by atoms with E-state index in [2.05, 4.69) is 10.6 Å². The summed E-state index contributed by atoms with van der Waals surface area (Å²) in [7, 11) is 0. The molecule has 1 aliphatic carbocycles. The highest BCUT2D eigenvalue weighted by Crippen LogP contribution is 2.26. The van der Waals surface area contributed by atoms with E-state index in [9.17, 15) is 14.0 Å².